The molecule has 1 unspecified atom stereocenters. The quantitative estimate of drug-likeness (QED) is 0.798. The zero-order chi connectivity index (χ0) is 14.1. The van der Waals surface area contributed by atoms with E-state index in [0.29, 0.717) is 12.8 Å². The third-order valence-electron chi connectivity index (χ3n) is 2.60. The topological polar surface area (TPSA) is 55.4 Å². The van der Waals surface area contributed by atoms with Gasteiger partial charge in [0, 0.05) is 6.92 Å². The predicted molar refractivity (Wildman–Crippen MR) is 74.3 cm³/mol. The molecule has 1 rings (SSSR count). The summed E-state index contributed by atoms with van der Waals surface area (Å²) in [7, 11) is 1.32. The number of carbonyl (C=O) groups is 2. The van der Waals surface area contributed by atoms with Crippen molar-refractivity contribution in [1.29, 1.82) is 0 Å². The average Bonchev–Trinajstić information content (AvgIpc) is 2.42. The normalized spacial score (nSPS) is 12.1. The number of nitrogens with one attached hydrogen (secondary N) is 1. The number of methoxy groups -OCH3 is 1. The second kappa shape index (κ2) is 8.08. The van der Waals surface area contributed by atoms with Crippen LogP contribution in [0.2, 0.25) is 0 Å². The molecule has 0 aliphatic rings. The van der Waals surface area contributed by atoms with Gasteiger partial charge in [-0.05, 0) is 18.4 Å². The summed E-state index contributed by atoms with van der Waals surface area (Å²) in [5.74, 6) is -0.647. The molecule has 4 heteroatoms. The van der Waals surface area contributed by atoms with Gasteiger partial charge in [0.25, 0.3) is 0 Å². The summed E-state index contributed by atoms with van der Waals surface area (Å²) in [5.41, 5.74) is 1.11. The van der Waals surface area contributed by atoms with Crippen LogP contribution in [-0.4, -0.2) is 25.0 Å². The lowest BCUT2D eigenvalue weighted by Crippen LogP contribution is -2.40. The van der Waals surface area contributed by atoms with Gasteiger partial charge in [0.05, 0.1) is 7.11 Å². The van der Waals surface area contributed by atoms with Crippen molar-refractivity contribution in [2.75, 3.05) is 7.11 Å². The van der Waals surface area contributed by atoms with Crippen molar-refractivity contribution in [2.24, 2.45) is 0 Å². The molecule has 0 bridgehead atoms. The molecule has 0 spiro atoms. The van der Waals surface area contributed by atoms with Gasteiger partial charge < -0.3 is 10.1 Å². The first-order chi connectivity index (χ1) is 9.13. The number of allylic oxidation sites excluding steroid dienone is 1. The Labute approximate surface area is 113 Å². The Balaban J connectivity index is 2.46. The Morgan fingerprint density at radius 1 is 1.32 bits per heavy atom. The highest BCUT2D eigenvalue weighted by atomic mass is 16.5. The van der Waals surface area contributed by atoms with E-state index in [-0.39, 0.29) is 5.91 Å². The van der Waals surface area contributed by atoms with Crippen LogP contribution in [0.1, 0.15) is 25.3 Å². The maximum absolute atomic E-state index is 11.5. The second-order valence-electron chi connectivity index (χ2n) is 4.17. The fourth-order valence-corrected chi connectivity index (χ4v) is 1.68. The van der Waals surface area contributed by atoms with Gasteiger partial charge in [0.1, 0.15) is 6.04 Å². The van der Waals surface area contributed by atoms with Gasteiger partial charge in [-0.15, -0.1) is 0 Å². The number of esters is 1. The van der Waals surface area contributed by atoms with Crippen molar-refractivity contribution in [3.63, 3.8) is 0 Å². The molecule has 0 heterocycles. The molecule has 1 amide bonds. The maximum atomic E-state index is 11.5. The van der Waals surface area contributed by atoms with Gasteiger partial charge in [0.15, 0.2) is 0 Å². The highest BCUT2D eigenvalue weighted by molar-refractivity contribution is 5.83. The summed E-state index contributed by atoms with van der Waals surface area (Å²) in [4.78, 5) is 22.4. The molecule has 0 radical (unpaired) electrons. The molecule has 1 atom stereocenters. The van der Waals surface area contributed by atoms with E-state index in [1.165, 1.54) is 14.0 Å². The Morgan fingerprint density at radius 2 is 2.00 bits per heavy atom. The summed E-state index contributed by atoms with van der Waals surface area (Å²) >= 11 is 0. The third-order valence-corrected chi connectivity index (χ3v) is 2.60. The number of rotatable bonds is 6. The van der Waals surface area contributed by atoms with Gasteiger partial charge in [0.2, 0.25) is 5.91 Å². The van der Waals surface area contributed by atoms with E-state index < -0.39 is 12.0 Å². The van der Waals surface area contributed by atoms with E-state index >= 15 is 0 Å². The molecular formula is C15H19NO3. The Morgan fingerprint density at radius 3 is 2.58 bits per heavy atom. The summed E-state index contributed by atoms with van der Waals surface area (Å²) in [6.45, 7) is 1.38. The van der Waals surface area contributed by atoms with Gasteiger partial charge in [-0.1, -0.05) is 42.5 Å². The van der Waals surface area contributed by atoms with Crippen LogP contribution in [0.3, 0.4) is 0 Å². The van der Waals surface area contributed by atoms with Gasteiger partial charge >= 0.3 is 5.97 Å². The van der Waals surface area contributed by atoms with Crippen molar-refractivity contribution in [2.45, 2.75) is 25.8 Å². The molecule has 0 fully saturated rings. The van der Waals surface area contributed by atoms with Crippen molar-refractivity contribution in [3.05, 3.63) is 42.0 Å². The molecule has 4 nitrogen and oxygen atoms in total. The van der Waals surface area contributed by atoms with E-state index in [4.69, 9.17) is 0 Å². The average molecular weight is 261 g/mol. The lowest BCUT2D eigenvalue weighted by molar-refractivity contribution is -0.145. The lowest BCUT2D eigenvalue weighted by Gasteiger charge is -2.14. The number of amides is 1. The molecule has 0 saturated carbocycles. The van der Waals surface area contributed by atoms with Crippen molar-refractivity contribution < 1.29 is 14.3 Å². The second-order valence-corrected chi connectivity index (χ2v) is 4.17. The molecule has 0 aliphatic carbocycles. The van der Waals surface area contributed by atoms with Crippen LogP contribution in [0, 0.1) is 0 Å². The van der Waals surface area contributed by atoms with Gasteiger partial charge in [-0.25, -0.2) is 4.79 Å². The third kappa shape index (κ3) is 5.86. The summed E-state index contributed by atoms with van der Waals surface area (Å²) in [6.07, 6.45) is 5.18. The smallest absolute Gasteiger partial charge is 0.328 e. The molecule has 0 aromatic heterocycles. The fraction of sp³-hybridized carbons (Fsp3) is 0.333. The number of hydrogen-bond donors (Lipinski definition) is 1. The lowest BCUT2D eigenvalue weighted by atomic mass is 10.1. The van der Waals surface area contributed by atoms with Crippen molar-refractivity contribution >= 4 is 18.0 Å². The zero-order valence-corrected chi connectivity index (χ0v) is 11.3. The van der Waals surface area contributed by atoms with E-state index in [1.807, 2.05) is 42.5 Å². The molecule has 0 saturated heterocycles. The largest absolute Gasteiger partial charge is 0.467 e. The fourth-order valence-electron chi connectivity index (χ4n) is 1.68. The molecule has 1 aromatic carbocycles. The first kappa shape index (κ1) is 15.0. The van der Waals surface area contributed by atoms with Gasteiger partial charge in [-0.2, -0.15) is 0 Å². The Kier molecular flexibility index (Phi) is 6.36. The minimum Gasteiger partial charge on any atom is -0.467 e. The first-order valence-corrected chi connectivity index (χ1v) is 6.20. The number of hydrogen-bond acceptors (Lipinski definition) is 3. The van der Waals surface area contributed by atoms with Crippen LogP contribution in [0.4, 0.5) is 0 Å². The minimum atomic E-state index is -0.581. The highest BCUT2D eigenvalue weighted by Gasteiger charge is 2.18. The molecule has 0 aliphatic heterocycles. The van der Waals surface area contributed by atoms with Crippen LogP contribution < -0.4 is 5.32 Å². The molecular weight excluding hydrogens is 242 g/mol. The SMILES string of the molecule is COC(=O)C(CC/C=C/c1ccccc1)NC(C)=O. The Bertz CT molecular complexity index is 440. The standard InChI is InChI=1S/C15H19NO3/c1-12(17)16-14(15(18)19-2)11-7-6-10-13-8-4-3-5-9-13/h3-6,8-10,14H,7,11H2,1-2H3,(H,16,17)/b10-6+. The minimum absolute atomic E-state index is 0.234. The van der Waals surface area contributed by atoms with E-state index in [2.05, 4.69) is 10.1 Å². The molecule has 1 N–H and O–H groups in total. The van der Waals surface area contributed by atoms with E-state index in [1.54, 1.807) is 0 Å². The monoisotopic (exact) mass is 261 g/mol. The van der Waals surface area contributed by atoms with Crippen molar-refractivity contribution in [1.82, 2.24) is 5.32 Å². The predicted octanol–water partition coefficient (Wildman–Crippen LogP) is 2.16. The molecule has 19 heavy (non-hydrogen) atoms. The molecule has 102 valence electrons. The summed E-state index contributed by atoms with van der Waals surface area (Å²) in [6, 6.07) is 9.32. The van der Waals surface area contributed by atoms with Crippen LogP contribution in [0.15, 0.2) is 36.4 Å². The van der Waals surface area contributed by atoms with Crippen LogP contribution in [0.25, 0.3) is 6.08 Å². The van der Waals surface area contributed by atoms with Crippen LogP contribution in [0.5, 0.6) is 0 Å². The number of benzene rings is 1. The zero-order valence-electron chi connectivity index (χ0n) is 11.3. The summed E-state index contributed by atoms with van der Waals surface area (Å²) < 4.78 is 4.65. The van der Waals surface area contributed by atoms with E-state index in [9.17, 15) is 9.59 Å². The van der Waals surface area contributed by atoms with Crippen LogP contribution in [-0.2, 0) is 14.3 Å². The van der Waals surface area contributed by atoms with Gasteiger partial charge in [-0.3, -0.25) is 4.79 Å². The Hall–Kier alpha value is -2.10. The highest BCUT2D eigenvalue weighted by Crippen LogP contribution is 2.05. The molecule has 1 aromatic rings. The maximum Gasteiger partial charge on any atom is 0.328 e. The van der Waals surface area contributed by atoms with E-state index in [0.717, 1.165) is 5.56 Å². The van der Waals surface area contributed by atoms with Crippen LogP contribution >= 0.6 is 0 Å². The summed E-state index contributed by atoms with van der Waals surface area (Å²) in [5, 5.41) is 2.58. The number of ether oxygens (including phenoxy) is 1. The number of carbonyl (C=O) groups excluding carboxylic acids is 2. The van der Waals surface area contributed by atoms with Crippen molar-refractivity contribution in [3.8, 4) is 0 Å². The first-order valence-electron chi connectivity index (χ1n) is 6.20.